The Morgan fingerprint density at radius 1 is 1.05 bits per heavy atom. The van der Waals surface area contributed by atoms with E-state index >= 15 is 0 Å². The highest BCUT2D eigenvalue weighted by molar-refractivity contribution is 14.1. The van der Waals surface area contributed by atoms with Crippen molar-refractivity contribution in [3.05, 3.63) is 51.6 Å². The number of anilines is 1. The molecular weight excluding hydrogens is 353 g/mol. The predicted octanol–water partition coefficient (Wildman–Crippen LogP) is 3.85. The van der Waals surface area contributed by atoms with Crippen LogP contribution in [0.3, 0.4) is 0 Å². The van der Waals surface area contributed by atoms with Crippen molar-refractivity contribution in [2.45, 2.75) is 13.5 Å². The van der Waals surface area contributed by atoms with E-state index in [9.17, 15) is 0 Å². The molecule has 0 aromatic heterocycles. The summed E-state index contributed by atoms with van der Waals surface area (Å²) in [6.45, 7) is 3.03. The topological polar surface area (TPSA) is 44.5 Å². The van der Waals surface area contributed by atoms with Gasteiger partial charge in [-0.15, -0.1) is 0 Å². The first-order valence-corrected chi connectivity index (χ1v) is 7.17. The van der Waals surface area contributed by atoms with Gasteiger partial charge in [-0.1, -0.05) is 12.1 Å². The summed E-state index contributed by atoms with van der Waals surface area (Å²) in [5.74, 6) is 1.69. The monoisotopic (exact) mass is 369 g/mol. The van der Waals surface area contributed by atoms with Gasteiger partial charge in [-0.25, -0.2) is 0 Å². The fraction of sp³-hybridized carbons (Fsp3) is 0.200. The molecule has 4 heteroatoms. The Morgan fingerprint density at radius 3 is 2.58 bits per heavy atom. The number of nitrogens with two attached hydrogens (primary N) is 1. The average molecular weight is 369 g/mol. The maximum absolute atomic E-state index is 5.82. The van der Waals surface area contributed by atoms with Crippen molar-refractivity contribution >= 4 is 28.3 Å². The molecule has 0 heterocycles. The number of hydrogen-bond acceptors (Lipinski definition) is 3. The summed E-state index contributed by atoms with van der Waals surface area (Å²) in [5.41, 5.74) is 7.48. The lowest BCUT2D eigenvalue weighted by Crippen LogP contribution is -2.02. The van der Waals surface area contributed by atoms with Crippen molar-refractivity contribution < 1.29 is 9.47 Å². The van der Waals surface area contributed by atoms with Gasteiger partial charge in [-0.05, 0) is 59.8 Å². The third kappa shape index (κ3) is 3.76. The molecule has 0 unspecified atom stereocenters. The van der Waals surface area contributed by atoms with E-state index in [0.717, 1.165) is 20.6 Å². The molecule has 0 saturated heterocycles. The van der Waals surface area contributed by atoms with Crippen LogP contribution in [0, 0.1) is 3.57 Å². The van der Waals surface area contributed by atoms with Gasteiger partial charge >= 0.3 is 0 Å². The largest absolute Gasteiger partial charge is 0.493 e. The third-order valence-electron chi connectivity index (χ3n) is 2.60. The molecule has 0 saturated carbocycles. The van der Waals surface area contributed by atoms with Crippen LogP contribution >= 0.6 is 22.6 Å². The SMILES string of the molecule is CCOc1ccc(N)cc1COc1ccccc1I. The van der Waals surface area contributed by atoms with E-state index in [2.05, 4.69) is 22.6 Å². The molecule has 0 radical (unpaired) electrons. The number of para-hydroxylation sites is 1. The number of nitrogen functional groups attached to an aromatic ring is 1. The molecule has 0 aliphatic rings. The second-order valence-corrected chi connectivity index (χ2v) is 5.18. The highest BCUT2D eigenvalue weighted by Gasteiger charge is 2.06. The van der Waals surface area contributed by atoms with Crippen molar-refractivity contribution in [1.29, 1.82) is 0 Å². The molecule has 0 atom stereocenters. The molecule has 2 aromatic carbocycles. The van der Waals surface area contributed by atoms with Gasteiger partial charge in [0, 0.05) is 11.3 Å². The maximum Gasteiger partial charge on any atom is 0.133 e. The molecule has 0 amide bonds. The van der Waals surface area contributed by atoms with Crippen LogP contribution in [0.4, 0.5) is 5.69 Å². The second-order valence-electron chi connectivity index (χ2n) is 4.02. The molecule has 3 nitrogen and oxygen atoms in total. The molecule has 2 N–H and O–H groups in total. The smallest absolute Gasteiger partial charge is 0.133 e. The minimum Gasteiger partial charge on any atom is -0.493 e. The van der Waals surface area contributed by atoms with E-state index in [0.29, 0.717) is 18.9 Å². The van der Waals surface area contributed by atoms with Crippen LogP contribution in [0.2, 0.25) is 0 Å². The van der Waals surface area contributed by atoms with Gasteiger partial charge < -0.3 is 15.2 Å². The Morgan fingerprint density at radius 2 is 1.84 bits per heavy atom. The lowest BCUT2D eigenvalue weighted by Gasteiger charge is -2.13. The highest BCUT2D eigenvalue weighted by Crippen LogP contribution is 2.25. The Balaban J connectivity index is 2.14. The van der Waals surface area contributed by atoms with Crippen LogP contribution in [0.25, 0.3) is 0 Å². The summed E-state index contributed by atoms with van der Waals surface area (Å²) in [4.78, 5) is 0. The van der Waals surface area contributed by atoms with E-state index in [4.69, 9.17) is 15.2 Å². The first kappa shape index (κ1) is 14.0. The lowest BCUT2D eigenvalue weighted by molar-refractivity contribution is 0.285. The van der Waals surface area contributed by atoms with Crippen LogP contribution in [0.15, 0.2) is 42.5 Å². The van der Waals surface area contributed by atoms with Crippen LogP contribution < -0.4 is 15.2 Å². The van der Waals surface area contributed by atoms with Gasteiger partial charge in [0.1, 0.15) is 18.1 Å². The zero-order valence-corrected chi connectivity index (χ0v) is 12.9. The quantitative estimate of drug-likeness (QED) is 0.643. The fourth-order valence-electron chi connectivity index (χ4n) is 1.73. The number of ether oxygens (including phenoxy) is 2. The minimum absolute atomic E-state index is 0.445. The summed E-state index contributed by atoms with van der Waals surface area (Å²) >= 11 is 2.25. The molecular formula is C15H16INO2. The first-order valence-electron chi connectivity index (χ1n) is 6.09. The Kier molecular flexibility index (Phi) is 4.90. The molecule has 2 aromatic rings. The summed E-state index contributed by atoms with van der Waals surface area (Å²) in [5, 5.41) is 0. The maximum atomic E-state index is 5.82. The normalized spacial score (nSPS) is 10.2. The van der Waals surface area contributed by atoms with E-state index in [-0.39, 0.29) is 0 Å². The van der Waals surface area contributed by atoms with Crippen LogP contribution in [0.5, 0.6) is 11.5 Å². The first-order chi connectivity index (χ1) is 9.20. The van der Waals surface area contributed by atoms with Gasteiger partial charge in [0.25, 0.3) is 0 Å². The van der Waals surface area contributed by atoms with Crippen LogP contribution in [-0.2, 0) is 6.61 Å². The molecule has 0 aliphatic heterocycles. The van der Waals surface area contributed by atoms with Gasteiger partial charge in [0.05, 0.1) is 10.2 Å². The molecule has 0 fully saturated rings. The third-order valence-corrected chi connectivity index (χ3v) is 3.50. The summed E-state index contributed by atoms with van der Waals surface area (Å²) in [6.07, 6.45) is 0. The van der Waals surface area contributed by atoms with Crippen molar-refractivity contribution in [3.63, 3.8) is 0 Å². The Hall–Kier alpha value is -1.43. The fourth-order valence-corrected chi connectivity index (χ4v) is 2.27. The van der Waals surface area contributed by atoms with Crippen molar-refractivity contribution in [1.82, 2.24) is 0 Å². The Bertz CT molecular complexity index is 558. The molecule has 0 spiro atoms. The van der Waals surface area contributed by atoms with Gasteiger partial charge in [0.2, 0.25) is 0 Å². The minimum atomic E-state index is 0.445. The van der Waals surface area contributed by atoms with Crippen LogP contribution in [-0.4, -0.2) is 6.61 Å². The van der Waals surface area contributed by atoms with Crippen molar-refractivity contribution in [2.24, 2.45) is 0 Å². The molecule has 0 bridgehead atoms. The number of hydrogen-bond donors (Lipinski definition) is 1. The predicted molar refractivity (Wildman–Crippen MR) is 85.5 cm³/mol. The van der Waals surface area contributed by atoms with Gasteiger partial charge in [0.15, 0.2) is 0 Å². The zero-order chi connectivity index (χ0) is 13.7. The van der Waals surface area contributed by atoms with E-state index < -0.39 is 0 Å². The molecule has 19 heavy (non-hydrogen) atoms. The molecule has 0 aliphatic carbocycles. The number of benzene rings is 2. The lowest BCUT2D eigenvalue weighted by atomic mass is 10.2. The van der Waals surface area contributed by atoms with Crippen molar-refractivity contribution in [3.8, 4) is 11.5 Å². The Labute approximate surface area is 126 Å². The average Bonchev–Trinajstić information content (AvgIpc) is 2.41. The van der Waals surface area contributed by atoms with Crippen molar-refractivity contribution in [2.75, 3.05) is 12.3 Å². The van der Waals surface area contributed by atoms with E-state index in [1.807, 2.05) is 49.4 Å². The summed E-state index contributed by atoms with van der Waals surface area (Å²) in [7, 11) is 0. The second kappa shape index (κ2) is 6.65. The zero-order valence-electron chi connectivity index (χ0n) is 10.7. The standard InChI is InChI=1S/C15H16INO2/c1-2-18-14-8-7-12(17)9-11(14)10-19-15-6-4-3-5-13(15)16/h3-9H,2,10,17H2,1H3. The van der Waals surface area contributed by atoms with E-state index in [1.54, 1.807) is 0 Å². The van der Waals surface area contributed by atoms with Gasteiger partial charge in [-0.2, -0.15) is 0 Å². The number of rotatable bonds is 5. The number of halogens is 1. The van der Waals surface area contributed by atoms with E-state index in [1.165, 1.54) is 0 Å². The molecule has 2 rings (SSSR count). The molecule has 100 valence electrons. The summed E-state index contributed by atoms with van der Waals surface area (Å²) < 4.78 is 12.5. The highest BCUT2D eigenvalue weighted by atomic mass is 127. The van der Waals surface area contributed by atoms with Crippen LogP contribution in [0.1, 0.15) is 12.5 Å². The van der Waals surface area contributed by atoms with Gasteiger partial charge in [-0.3, -0.25) is 0 Å². The summed E-state index contributed by atoms with van der Waals surface area (Å²) in [6, 6.07) is 13.5.